The van der Waals surface area contributed by atoms with Crippen LogP contribution in [0.1, 0.15) is 21.6 Å². The van der Waals surface area contributed by atoms with Gasteiger partial charge in [-0.1, -0.05) is 41.9 Å². The molecule has 0 atom stereocenters. The largest absolute Gasteiger partial charge is 0.368 e. The summed E-state index contributed by atoms with van der Waals surface area (Å²) in [6.07, 6.45) is 3.58. The molecule has 3 aromatic rings. The Balaban J connectivity index is 1.47. The van der Waals surface area contributed by atoms with E-state index >= 15 is 0 Å². The second-order valence-electron chi connectivity index (χ2n) is 6.88. The molecule has 1 amide bonds. The Morgan fingerprint density at radius 1 is 1.04 bits per heavy atom. The van der Waals surface area contributed by atoms with E-state index in [0.717, 1.165) is 24.3 Å². The van der Waals surface area contributed by atoms with E-state index in [1.54, 1.807) is 17.1 Å². The lowest BCUT2D eigenvalue weighted by atomic mass is 10.2. The molecule has 144 valence electrons. The number of carbonyl (C=O) groups excluding carboxylic acids is 1. The van der Waals surface area contributed by atoms with E-state index in [1.165, 1.54) is 0 Å². The van der Waals surface area contributed by atoms with E-state index < -0.39 is 0 Å². The second-order valence-corrected chi connectivity index (χ2v) is 7.24. The first kappa shape index (κ1) is 18.5. The van der Waals surface area contributed by atoms with Crippen molar-refractivity contribution in [3.63, 3.8) is 0 Å². The fraction of sp³-hybridized carbons (Fsp3) is 0.286. The maximum Gasteiger partial charge on any atom is 0.259 e. The molecule has 7 heteroatoms. The first-order valence-corrected chi connectivity index (χ1v) is 9.72. The molecule has 0 saturated carbocycles. The molecule has 1 aromatic carbocycles. The van der Waals surface area contributed by atoms with Crippen molar-refractivity contribution in [3.05, 3.63) is 76.8 Å². The SMILES string of the molecule is Cc1nn(Cc2ccccc2)c(Cl)c1C(=O)N1CCN(c2ccncc2)CC1. The van der Waals surface area contributed by atoms with Gasteiger partial charge in [0.25, 0.3) is 5.91 Å². The third-order valence-corrected chi connectivity index (χ3v) is 5.43. The number of carbonyl (C=O) groups is 1. The Hall–Kier alpha value is -2.86. The van der Waals surface area contributed by atoms with Gasteiger partial charge in [-0.15, -0.1) is 0 Å². The van der Waals surface area contributed by atoms with Gasteiger partial charge < -0.3 is 9.80 Å². The molecule has 0 N–H and O–H groups in total. The fourth-order valence-electron chi connectivity index (χ4n) is 3.54. The number of pyridine rings is 1. The molecule has 1 aliphatic heterocycles. The average Bonchev–Trinajstić information content (AvgIpc) is 3.02. The van der Waals surface area contributed by atoms with Crippen LogP contribution in [0.15, 0.2) is 54.9 Å². The van der Waals surface area contributed by atoms with Crippen molar-refractivity contribution in [2.75, 3.05) is 31.1 Å². The Bertz CT molecular complexity index is 950. The number of aryl methyl sites for hydroxylation is 1. The van der Waals surface area contributed by atoms with Crippen LogP contribution in [0.5, 0.6) is 0 Å². The normalized spacial score (nSPS) is 14.4. The summed E-state index contributed by atoms with van der Waals surface area (Å²) in [7, 11) is 0. The lowest BCUT2D eigenvalue weighted by molar-refractivity contribution is 0.0746. The molecule has 0 bridgehead atoms. The number of amides is 1. The molecular weight excluding hydrogens is 374 g/mol. The lowest BCUT2D eigenvalue weighted by Crippen LogP contribution is -2.49. The van der Waals surface area contributed by atoms with Gasteiger partial charge in [0.05, 0.1) is 17.8 Å². The summed E-state index contributed by atoms with van der Waals surface area (Å²) in [5.74, 6) is -0.0452. The molecule has 1 fully saturated rings. The monoisotopic (exact) mass is 395 g/mol. The zero-order chi connectivity index (χ0) is 19.5. The van der Waals surface area contributed by atoms with Crippen LogP contribution in [0.4, 0.5) is 5.69 Å². The molecule has 0 spiro atoms. The van der Waals surface area contributed by atoms with E-state index in [4.69, 9.17) is 11.6 Å². The number of halogens is 1. The number of hydrogen-bond acceptors (Lipinski definition) is 4. The predicted molar refractivity (Wildman–Crippen MR) is 110 cm³/mol. The van der Waals surface area contributed by atoms with Crippen molar-refractivity contribution in [3.8, 4) is 0 Å². The molecule has 6 nitrogen and oxygen atoms in total. The van der Waals surface area contributed by atoms with Crippen LogP contribution >= 0.6 is 11.6 Å². The lowest BCUT2D eigenvalue weighted by Gasteiger charge is -2.36. The third kappa shape index (κ3) is 3.73. The van der Waals surface area contributed by atoms with Crippen LogP contribution in [0, 0.1) is 6.92 Å². The van der Waals surface area contributed by atoms with Gasteiger partial charge in [-0.25, -0.2) is 4.68 Å². The number of hydrogen-bond donors (Lipinski definition) is 0. The number of rotatable bonds is 4. The molecule has 0 unspecified atom stereocenters. The fourth-order valence-corrected chi connectivity index (χ4v) is 3.85. The minimum Gasteiger partial charge on any atom is -0.368 e. The number of anilines is 1. The van der Waals surface area contributed by atoms with Crippen LogP contribution in [-0.2, 0) is 6.54 Å². The summed E-state index contributed by atoms with van der Waals surface area (Å²) < 4.78 is 1.70. The number of benzene rings is 1. The maximum absolute atomic E-state index is 13.1. The molecule has 0 radical (unpaired) electrons. The van der Waals surface area contributed by atoms with E-state index in [-0.39, 0.29) is 5.91 Å². The summed E-state index contributed by atoms with van der Waals surface area (Å²) in [4.78, 5) is 21.3. The minimum absolute atomic E-state index is 0.0452. The van der Waals surface area contributed by atoms with Crippen molar-refractivity contribution in [2.45, 2.75) is 13.5 Å². The third-order valence-electron chi connectivity index (χ3n) is 5.05. The van der Waals surface area contributed by atoms with Crippen LogP contribution in [0.25, 0.3) is 0 Å². The van der Waals surface area contributed by atoms with E-state index in [0.29, 0.717) is 36.0 Å². The first-order valence-electron chi connectivity index (χ1n) is 9.34. The van der Waals surface area contributed by atoms with E-state index in [1.807, 2.05) is 54.3 Å². The zero-order valence-corrected chi connectivity index (χ0v) is 16.5. The van der Waals surface area contributed by atoms with Crippen molar-refractivity contribution in [2.24, 2.45) is 0 Å². The Morgan fingerprint density at radius 2 is 1.71 bits per heavy atom. The van der Waals surface area contributed by atoms with E-state index in [2.05, 4.69) is 15.0 Å². The average molecular weight is 396 g/mol. The van der Waals surface area contributed by atoms with Gasteiger partial charge in [0.15, 0.2) is 0 Å². The van der Waals surface area contributed by atoms with Crippen LogP contribution in [0.3, 0.4) is 0 Å². The number of nitrogens with zero attached hydrogens (tertiary/aromatic N) is 5. The van der Waals surface area contributed by atoms with Gasteiger partial charge in [-0.3, -0.25) is 9.78 Å². The zero-order valence-electron chi connectivity index (χ0n) is 15.8. The Morgan fingerprint density at radius 3 is 2.39 bits per heavy atom. The molecule has 4 rings (SSSR count). The van der Waals surface area contributed by atoms with Crippen LogP contribution < -0.4 is 4.90 Å². The number of piperazine rings is 1. The maximum atomic E-state index is 13.1. The highest BCUT2D eigenvalue weighted by Crippen LogP contribution is 2.24. The van der Waals surface area contributed by atoms with Crippen molar-refractivity contribution in [1.82, 2.24) is 19.7 Å². The minimum atomic E-state index is -0.0452. The van der Waals surface area contributed by atoms with Crippen LogP contribution in [-0.4, -0.2) is 51.8 Å². The van der Waals surface area contributed by atoms with Gasteiger partial charge >= 0.3 is 0 Å². The van der Waals surface area contributed by atoms with Crippen LogP contribution in [0.2, 0.25) is 5.15 Å². The second kappa shape index (κ2) is 8.02. The van der Waals surface area contributed by atoms with Gasteiger partial charge in [-0.05, 0) is 24.6 Å². The topological polar surface area (TPSA) is 54.3 Å². The predicted octanol–water partition coefficient (Wildman–Crippen LogP) is 3.25. The molecule has 3 heterocycles. The Labute approximate surface area is 169 Å². The quantitative estimate of drug-likeness (QED) is 0.680. The first-order chi connectivity index (χ1) is 13.6. The smallest absolute Gasteiger partial charge is 0.259 e. The molecule has 28 heavy (non-hydrogen) atoms. The molecule has 1 saturated heterocycles. The number of aromatic nitrogens is 3. The van der Waals surface area contributed by atoms with Gasteiger partial charge in [-0.2, -0.15) is 5.10 Å². The highest BCUT2D eigenvalue weighted by atomic mass is 35.5. The standard InChI is InChI=1S/C21H22ClN5O/c1-16-19(20(22)27(24-16)15-17-5-3-2-4-6-17)21(28)26-13-11-25(12-14-26)18-7-9-23-10-8-18/h2-10H,11-15H2,1H3. The summed E-state index contributed by atoms with van der Waals surface area (Å²) in [5.41, 5.74) is 3.40. The van der Waals surface area contributed by atoms with Gasteiger partial charge in [0.2, 0.25) is 0 Å². The van der Waals surface area contributed by atoms with Crippen molar-refractivity contribution in [1.29, 1.82) is 0 Å². The van der Waals surface area contributed by atoms with Crippen molar-refractivity contribution >= 4 is 23.2 Å². The van der Waals surface area contributed by atoms with Gasteiger partial charge in [0.1, 0.15) is 5.15 Å². The summed E-state index contributed by atoms with van der Waals surface area (Å²) >= 11 is 6.55. The summed E-state index contributed by atoms with van der Waals surface area (Å²) in [6, 6.07) is 14.0. The molecule has 1 aliphatic rings. The van der Waals surface area contributed by atoms with Crippen molar-refractivity contribution < 1.29 is 4.79 Å². The summed E-state index contributed by atoms with van der Waals surface area (Å²) in [5, 5.41) is 4.91. The molecule has 0 aliphatic carbocycles. The Kier molecular flexibility index (Phi) is 5.30. The summed E-state index contributed by atoms with van der Waals surface area (Å²) in [6.45, 7) is 5.26. The highest BCUT2D eigenvalue weighted by molar-refractivity contribution is 6.33. The van der Waals surface area contributed by atoms with Gasteiger partial charge in [0, 0.05) is 44.3 Å². The molecular formula is C21H22ClN5O. The van der Waals surface area contributed by atoms with E-state index in [9.17, 15) is 4.79 Å². The highest BCUT2D eigenvalue weighted by Gasteiger charge is 2.28. The molecule has 2 aromatic heterocycles.